The van der Waals surface area contributed by atoms with E-state index in [1.807, 2.05) is 24.3 Å². The van der Waals surface area contributed by atoms with Gasteiger partial charge in [-0.1, -0.05) is 42.1 Å². The van der Waals surface area contributed by atoms with Gasteiger partial charge in [0.05, 0.1) is 5.39 Å². The number of fused-ring (bicyclic) bond motifs is 6. The van der Waals surface area contributed by atoms with Crippen LogP contribution in [-0.2, 0) is 18.6 Å². The maximum absolute atomic E-state index is 12.2. The number of aryl methyl sites for hydroxylation is 2. The number of rotatable bonds is 3. The summed E-state index contributed by atoms with van der Waals surface area (Å²) < 4.78 is 5.47. The topological polar surface area (TPSA) is 82.0 Å². The highest BCUT2D eigenvalue weighted by molar-refractivity contribution is 7.98. The maximum Gasteiger partial charge on any atom is 0.336 e. The third-order valence-electron chi connectivity index (χ3n) is 5.89. The average Bonchev–Trinajstić information content (AvgIpc) is 3.16. The van der Waals surface area contributed by atoms with Gasteiger partial charge in [0, 0.05) is 22.1 Å². The zero-order chi connectivity index (χ0) is 20.9. The third-order valence-corrected chi connectivity index (χ3v) is 7.98. The van der Waals surface area contributed by atoms with Gasteiger partial charge >= 0.3 is 5.63 Å². The summed E-state index contributed by atoms with van der Waals surface area (Å²) in [7, 11) is 0. The van der Waals surface area contributed by atoms with Crippen molar-refractivity contribution in [2.75, 3.05) is 5.73 Å². The van der Waals surface area contributed by atoms with Crippen LogP contribution in [0, 0.1) is 0 Å². The summed E-state index contributed by atoms with van der Waals surface area (Å²) in [4.78, 5) is 24.0. The largest absolute Gasteiger partial charge is 0.423 e. The predicted molar refractivity (Wildman–Crippen MR) is 128 cm³/mol. The van der Waals surface area contributed by atoms with Crippen molar-refractivity contribution in [1.29, 1.82) is 0 Å². The first-order valence-electron chi connectivity index (χ1n) is 10.3. The lowest BCUT2D eigenvalue weighted by atomic mass is 9.97. The van der Waals surface area contributed by atoms with E-state index < -0.39 is 0 Å². The molecule has 2 N–H and O–H groups in total. The number of anilines is 1. The molecule has 0 saturated heterocycles. The van der Waals surface area contributed by atoms with Gasteiger partial charge < -0.3 is 10.2 Å². The van der Waals surface area contributed by atoms with Gasteiger partial charge in [0.15, 0.2) is 5.16 Å². The second kappa shape index (κ2) is 7.35. The van der Waals surface area contributed by atoms with Crippen molar-refractivity contribution in [2.24, 2.45) is 0 Å². The Hall–Kier alpha value is -2.90. The molecule has 0 bridgehead atoms. The average molecular weight is 446 g/mol. The van der Waals surface area contributed by atoms with Crippen LogP contribution in [0.3, 0.4) is 0 Å². The van der Waals surface area contributed by atoms with E-state index in [0.29, 0.717) is 22.3 Å². The maximum atomic E-state index is 12.2. The molecule has 2 aromatic carbocycles. The lowest BCUT2D eigenvalue weighted by Crippen LogP contribution is -2.02. The highest BCUT2D eigenvalue weighted by Crippen LogP contribution is 2.39. The van der Waals surface area contributed by atoms with Crippen LogP contribution >= 0.6 is 23.1 Å². The molecule has 0 fully saturated rings. The van der Waals surface area contributed by atoms with Gasteiger partial charge in [-0.15, -0.1) is 11.3 Å². The van der Waals surface area contributed by atoms with Crippen molar-refractivity contribution in [3.63, 3.8) is 0 Å². The summed E-state index contributed by atoms with van der Waals surface area (Å²) >= 11 is 3.25. The van der Waals surface area contributed by atoms with E-state index in [2.05, 4.69) is 17.1 Å². The molecular formula is C24H19N3O2S2. The molecule has 7 heteroatoms. The van der Waals surface area contributed by atoms with Crippen molar-refractivity contribution in [1.82, 2.24) is 9.97 Å². The van der Waals surface area contributed by atoms with Gasteiger partial charge in [-0.3, -0.25) is 0 Å². The molecule has 1 aliphatic carbocycles. The molecule has 5 aromatic rings. The number of nitrogens with two attached hydrogens (primary N) is 1. The molecule has 5 nitrogen and oxygen atoms in total. The van der Waals surface area contributed by atoms with Gasteiger partial charge in [0.2, 0.25) is 0 Å². The molecule has 31 heavy (non-hydrogen) atoms. The molecule has 3 heterocycles. The number of aromatic nitrogens is 2. The van der Waals surface area contributed by atoms with E-state index in [1.54, 1.807) is 17.4 Å². The van der Waals surface area contributed by atoms with Crippen LogP contribution in [0.1, 0.15) is 28.8 Å². The fraction of sp³-hybridized carbons (Fsp3) is 0.208. The van der Waals surface area contributed by atoms with Crippen LogP contribution in [0.4, 0.5) is 5.82 Å². The molecule has 0 aliphatic heterocycles. The molecule has 3 aromatic heterocycles. The number of hydrogen-bond donors (Lipinski definition) is 1. The first kappa shape index (κ1) is 18.8. The van der Waals surface area contributed by atoms with Crippen molar-refractivity contribution in [3.05, 3.63) is 68.9 Å². The van der Waals surface area contributed by atoms with Gasteiger partial charge in [0.25, 0.3) is 0 Å². The number of hydrogen-bond acceptors (Lipinski definition) is 7. The van der Waals surface area contributed by atoms with E-state index >= 15 is 0 Å². The SMILES string of the molecule is Nc1nc(SCc2cc(=O)oc3ccc4ccccc4c23)nc2sc3c(c12)CCCC3. The van der Waals surface area contributed by atoms with E-state index in [0.717, 1.165) is 44.8 Å². The van der Waals surface area contributed by atoms with Crippen molar-refractivity contribution in [2.45, 2.75) is 36.6 Å². The lowest BCUT2D eigenvalue weighted by Gasteiger charge is -2.11. The monoisotopic (exact) mass is 445 g/mol. The molecule has 6 rings (SSSR count). The number of nitrogen functional groups attached to an aromatic ring is 1. The smallest absolute Gasteiger partial charge is 0.336 e. The van der Waals surface area contributed by atoms with Crippen molar-refractivity contribution < 1.29 is 4.42 Å². The van der Waals surface area contributed by atoms with Crippen molar-refractivity contribution in [3.8, 4) is 0 Å². The van der Waals surface area contributed by atoms with E-state index in [4.69, 9.17) is 15.1 Å². The Morgan fingerprint density at radius 1 is 1.06 bits per heavy atom. The van der Waals surface area contributed by atoms with E-state index in [1.165, 1.54) is 35.0 Å². The highest BCUT2D eigenvalue weighted by atomic mass is 32.2. The van der Waals surface area contributed by atoms with Crippen LogP contribution in [0.5, 0.6) is 0 Å². The zero-order valence-electron chi connectivity index (χ0n) is 16.7. The molecule has 0 saturated carbocycles. The Balaban J connectivity index is 1.42. The summed E-state index contributed by atoms with van der Waals surface area (Å²) in [6.45, 7) is 0. The summed E-state index contributed by atoms with van der Waals surface area (Å²) in [5.74, 6) is 1.13. The lowest BCUT2D eigenvalue weighted by molar-refractivity contribution is 0.560. The Kier molecular flexibility index (Phi) is 4.47. The standard InChI is InChI=1S/C24H19N3O2S2/c25-22-21-16-7-3-4-8-18(16)31-23(21)27-24(26-22)30-12-14-11-19(28)29-17-10-9-13-5-1-2-6-15(13)20(14)17/h1-2,5-6,9-11H,3-4,7-8,12H2,(H2,25,26,27). The predicted octanol–water partition coefficient (Wildman–Crippen LogP) is 5.70. The Morgan fingerprint density at radius 3 is 2.87 bits per heavy atom. The van der Waals surface area contributed by atoms with Gasteiger partial charge in [0.1, 0.15) is 16.2 Å². The quantitative estimate of drug-likeness (QED) is 0.166. The Labute approximate surface area is 186 Å². The molecule has 0 unspecified atom stereocenters. The fourth-order valence-electron chi connectivity index (χ4n) is 4.51. The zero-order valence-corrected chi connectivity index (χ0v) is 18.3. The molecule has 1 aliphatic rings. The van der Waals surface area contributed by atoms with Crippen LogP contribution < -0.4 is 11.4 Å². The fourth-order valence-corrected chi connectivity index (χ4v) is 6.66. The Morgan fingerprint density at radius 2 is 1.94 bits per heavy atom. The summed E-state index contributed by atoms with van der Waals surface area (Å²) in [6.07, 6.45) is 4.60. The molecule has 154 valence electrons. The van der Waals surface area contributed by atoms with Gasteiger partial charge in [-0.05, 0) is 53.6 Å². The first-order valence-corrected chi connectivity index (χ1v) is 12.1. The number of benzene rings is 2. The Bertz CT molecular complexity index is 1540. The van der Waals surface area contributed by atoms with Gasteiger partial charge in [-0.2, -0.15) is 0 Å². The minimum absolute atomic E-state index is 0.347. The molecule has 0 atom stereocenters. The number of thiophene rings is 1. The minimum atomic E-state index is -0.347. The van der Waals surface area contributed by atoms with Gasteiger partial charge in [-0.25, -0.2) is 14.8 Å². The number of thioether (sulfide) groups is 1. The van der Waals surface area contributed by atoms with Crippen LogP contribution in [0.15, 0.2) is 56.8 Å². The van der Waals surface area contributed by atoms with Crippen LogP contribution in [0.2, 0.25) is 0 Å². The first-order chi connectivity index (χ1) is 15.2. The van der Waals surface area contributed by atoms with E-state index in [-0.39, 0.29) is 5.63 Å². The normalized spacial score (nSPS) is 13.8. The van der Waals surface area contributed by atoms with Crippen LogP contribution in [-0.4, -0.2) is 9.97 Å². The third kappa shape index (κ3) is 3.20. The molecule has 0 radical (unpaired) electrons. The summed E-state index contributed by atoms with van der Waals surface area (Å²) in [5.41, 5.74) is 8.88. The summed E-state index contributed by atoms with van der Waals surface area (Å²) in [6, 6.07) is 13.6. The minimum Gasteiger partial charge on any atom is -0.423 e. The second-order valence-electron chi connectivity index (χ2n) is 7.82. The molecule has 0 amide bonds. The second-order valence-corrected chi connectivity index (χ2v) is 9.85. The van der Waals surface area contributed by atoms with E-state index in [9.17, 15) is 4.79 Å². The highest BCUT2D eigenvalue weighted by Gasteiger charge is 2.20. The van der Waals surface area contributed by atoms with Crippen molar-refractivity contribution >= 4 is 60.9 Å². The number of nitrogens with zero attached hydrogens (tertiary/aromatic N) is 2. The summed E-state index contributed by atoms with van der Waals surface area (Å²) in [5, 5.41) is 4.83. The molecule has 0 spiro atoms. The molecular weight excluding hydrogens is 426 g/mol. The van der Waals surface area contributed by atoms with Crippen LogP contribution in [0.25, 0.3) is 32.0 Å².